The van der Waals surface area contributed by atoms with E-state index in [4.69, 9.17) is 21.1 Å². The van der Waals surface area contributed by atoms with E-state index in [1.807, 2.05) is 18.2 Å². The molecule has 0 spiro atoms. The molecule has 0 saturated carbocycles. The molecule has 1 fully saturated rings. The van der Waals surface area contributed by atoms with Crippen LogP contribution >= 0.6 is 11.6 Å². The third kappa shape index (κ3) is 3.84. The number of fused-ring (bicyclic) bond motifs is 1. The first-order valence-corrected chi connectivity index (χ1v) is 10.2. The summed E-state index contributed by atoms with van der Waals surface area (Å²) in [5.74, 6) is 0.891. The minimum atomic E-state index is -1.40. The lowest BCUT2D eigenvalue weighted by Gasteiger charge is -2.29. The van der Waals surface area contributed by atoms with Gasteiger partial charge in [-0.25, -0.2) is 0 Å². The molecule has 3 aromatic rings. The maximum Gasteiger partial charge on any atom is 0.322 e. The van der Waals surface area contributed by atoms with Gasteiger partial charge in [0.1, 0.15) is 11.4 Å². The Hall–Kier alpha value is -2.00. The number of morpholine rings is 1. The number of ether oxygens (including phenoxy) is 2. The van der Waals surface area contributed by atoms with Gasteiger partial charge in [-0.05, 0) is 18.2 Å². The molecule has 1 aliphatic rings. The average molecular weight is 407 g/mol. The molecule has 0 radical (unpaired) electrons. The minimum Gasteiger partial charge on any atom is -0.609 e. The van der Waals surface area contributed by atoms with Crippen LogP contribution in [0.25, 0.3) is 11.0 Å². The van der Waals surface area contributed by atoms with Crippen molar-refractivity contribution in [2.75, 3.05) is 38.3 Å². The van der Waals surface area contributed by atoms with E-state index in [0.29, 0.717) is 40.4 Å². The van der Waals surface area contributed by atoms with Gasteiger partial charge in [-0.15, -0.1) is 0 Å². The van der Waals surface area contributed by atoms with E-state index < -0.39 is 11.2 Å². The highest BCUT2D eigenvalue weighted by molar-refractivity contribution is 7.90. The van der Waals surface area contributed by atoms with E-state index in [0.717, 1.165) is 24.3 Å². The van der Waals surface area contributed by atoms with Gasteiger partial charge in [0, 0.05) is 36.5 Å². The van der Waals surface area contributed by atoms with Crippen LogP contribution in [0.1, 0.15) is 5.69 Å². The van der Waals surface area contributed by atoms with Crippen molar-refractivity contribution < 1.29 is 14.0 Å². The molecular weight excluding hydrogens is 388 g/mol. The Balaban J connectivity index is 1.56. The van der Waals surface area contributed by atoms with Gasteiger partial charge >= 0.3 is 5.16 Å². The maximum atomic E-state index is 12.8. The number of hydrogen-bond donors (Lipinski definition) is 1. The van der Waals surface area contributed by atoms with Crippen molar-refractivity contribution in [1.82, 2.24) is 15.0 Å². The molecule has 1 atom stereocenters. The van der Waals surface area contributed by atoms with E-state index in [2.05, 4.69) is 19.9 Å². The molecule has 4 rings (SSSR count). The molecule has 27 heavy (non-hydrogen) atoms. The number of H-pyrrole nitrogens is 1. The summed E-state index contributed by atoms with van der Waals surface area (Å²) in [7, 11) is 1.60. The van der Waals surface area contributed by atoms with Crippen LogP contribution in [0.4, 0.5) is 5.69 Å². The summed E-state index contributed by atoms with van der Waals surface area (Å²) in [6.07, 6.45) is 1.70. The molecule has 0 amide bonds. The zero-order chi connectivity index (χ0) is 18.8. The number of methoxy groups -OCH3 is 1. The van der Waals surface area contributed by atoms with Crippen molar-refractivity contribution >= 4 is 39.5 Å². The van der Waals surface area contributed by atoms with Crippen LogP contribution in [-0.2, 0) is 21.7 Å². The summed E-state index contributed by atoms with van der Waals surface area (Å²) in [4.78, 5) is 14.0. The summed E-state index contributed by atoms with van der Waals surface area (Å²) < 4.78 is 23.4. The lowest BCUT2D eigenvalue weighted by molar-refractivity contribution is 0.122. The summed E-state index contributed by atoms with van der Waals surface area (Å²) in [6.45, 7) is 2.89. The number of imidazole rings is 1. The van der Waals surface area contributed by atoms with Gasteiger partial charge in [0.25, 0.3) is 0 Å². The zero-order valence-electron chi connectivity index (χ0n) is 14.8. The first-order chi connectivity index (χ1) is 13.2. The minimum absolute atomic E-state index is 0.188. The predicted octanol–water partition coefficient (Wildman–Crippen LogP) is 2.76. The Kier molecular flexibility index (Phi) is 5.40. The highest BCUT2D eigenvalue weighted by Gasteiger charge is 2.23. The second kappa shape index (κ2) is 7.93. The average Bonchev–Trinajstić information content (AvgIpc) is 3.13. The Labute approximate surface area is 164 Å². The molecule has 0 aliphatic carbocycles. The first kappa shape index (κ1) is 18.4. The first-order valence-electron chi connectivity index (χ1n) is 8.54. The molecule has 9 heteroatoms. The summed E-state index contributed by atoms with van der Waals surface area (Å²) >= 11 is 5.17. The van der Waals surface area contributed by atoms with Crippen LogP contribution in [-0.4, -0.2) is 52.9 Å². The largest absolute Gasteiger partial charge is 0.609 e. The van der Waals surface area contributed by atoms with E-state index in [9.17, 15) is 4.55 Å². The predicted molar refractivity (Wildman–Crippen MR) is 105 cm³/mol. The number of aromatic nitrogens is 3. The van der Waals surface area contributed by atoms with Crippen LogP contribution in [0.3, 0.4) is 0 Å². The Bertz CT molecular complexity index is 946. The van der Waals surface area contributed by atoms with Crippen LogP contribution < -0.4 is 9.64 Å². The van der Waals surface area contributed by atoms with Gasteiger partial charge in [-0.3, -0.25) is 9.97 Å². The fourth-order valence-corrected chi connectivity index (χ4v) is 4.42. The third-order valence-corrected chi connectivity index (χ3v) is 6.02. The number of hydrogen-bond acceptors (Lipinski definition) is 6. The zero-order valence-corrected chi connectivity index (χ0v) is 16.3. The van der Waals surface area contributed by atoms with Gasteiger partial charge in [-0.2, -0.15) is 4.98 Å². The second-order valence-corrected chi connectivity index (χ2v) is 7.85. The van der Waals surface area contributed by atoms with E-state index in [1.54, 1.807) is 19.4 Å². The fourth-order valence-electron chi connectivity index (χ4n) is 3.01. The lowest BCUT2D eigenvalue weighted by atomic mass is 10.3. The Morgan fingerprint density at radius 1 is 1.33 bits per heavy atom. The quantitative estimate of drug-likeness (QED) is 0.655. The molecule has 1 unspecified atom stereocenters. The van der Waals surface area contributed by atoms with Crippen molar-refractivity contribution in [2.45, 2.75) is 10.9 Å². The van der Waals surface area contributed by atoms with Gasteiger partial charge in [0.2, 0.25) is 0 Å². The van der Waals surface area contributed by atoms with E-state index in [-0.39, 0.29) is 5.75 Å². The highest BCUT2D eigenvalue weighted by atomic mass is 35.5. The Morgan fingerprint density at radius 3 is 2.93 bits per heavy atom. The monoisotopic (exact) mass is 406 g/mol. The number of nitrogens with one attached hydrogen (secondary N) is 1. The Morgan fingerprint density at radius 2 is 2.15 bits per heavy atom. The van der Waals surface area contributed by atoms with Gasteiger partial charge in [0.15, 0.2) is 5.75 Å². The molecular formula is C18H19ClN4O3S. The molecule has 142 valence electrons. The fraction of sp³-hybridized carbons (Fsp3) is 0.333. The number of halogens is 1. The molecule has 1 saturated heterocycles. The van der Waals surface area contributed by atoms with Crippen molar-refractivity contribution in [2.24, 2.45) is 0 Å². The second-order valence-electron chi connectivity index (χ2n) is 6.11. The number of pyridine rings is 1. The smallest absolute Gasteiger partial charge is 0.322 e. The van der Waals surface area contributed by atoms with Crippen molar-refractivity contribution in [3.05, 3.63) is 41.2 Å². The van der Waals surface area contributed by atoms with Crippen LogP contribution in [0.15, 0.2) is 35.6 Å². The molecule has 1 aromatic carbocycles. The molecule has 2 aromatic heterocycles. The van der Waals surface area contributed by atoms with Crippen molar-refractivity contribution in [1.29, 1.82) is 0 Å². The molecule has 7 nitrogen and oxygen atoms in total. The topological polar surface area (TPSA) is 86.3 Å². The molecule has 1 aliphatic heterocycles. The van der Waals surface area contributed by atoms with Crippen LogP contribution in [0.5, 0.6) is 5.75 Å². The maximum absolute atomic E-state index is 12.8. The van der Waals surface area contributed by atoms with Gasteiger partial charge in [0.05, 0.1) is 42.1 Å². The summed E-state index contributed by atoms with van der Waals surface area (Å²) in [5.41, 5.74) is 3.01. The summed E-state index contributed by atoms with van der Waals surface area (Å²) in [6, 6.07) is 7.37. The summed E-state index contributed by atoms with van der Waals surface area (Å²) in [5, 5.41) is 0.929. The molecule has 3 heterocycles. The number of benzene rings is 1. The van der Waals surface area contributed by atoms with Gasteiger partial charge in [-0.1, -0.05) is 11.6 Å². The van der Waals surface area contributed by atoms with Crippen LogP contribution in [0, 0.1) is 0 Å². The third-order valence-electron chi connectivity index (χ3n) is 4.44. The molecule has 1 N–H and O–H groups in total. The van der Waals surface area contributed by atoms with Crippen molar-refractivity contribution in [3.8, 4) is 5.75 Å². The van der Waals surface area contributed by atoms with E-state index in [1.165, 1.54) is 0 Å². The number of anilines is 1. The number of nitrogens with zero attached hydrogens (tertiary/aromatic N) is 3. The van der Waals surface area contributed by atoms with Crippen LogP contribution in [0.2, 0.25) is 5.02 Å². The number of rotatable bonds is 5. The highest BCUT2D eigenvalue weighted by Crippen LogP contribution is 2.30. The molecule has 0 bridgehead atoms. The lowest BCUT2D eigenvalue weighted by Crippen LogP contribution is -2.36. The SMILES string of the molecule is COc1ccc2[nH]c([S+]([O-])Cc3nccc(N4CCOCC4)c3Cl)nc2c1. The standard InChI is InChI=1S/C18H19ClN4O3S/c1-25-12-2-3-13-14(10-12)22-18(21-13)27(24)11-15-17(19)16(4-5-20-15)23-6-8-26-9-7-23/h2-5,10H,6-9,11H2,1H3,(H,21,22). The number of aromatic amines is 1. The normalized spacial score (nSPS) is 15.9. The van der Waals surface area contributed by atoms with Crippen molar-refractivity contribution in [3.63, 3.8) is 0 Å². The van der Waals surface area contributed by atoms with Gasteiger partial charge < -0.3 is 18.9 Å². The van der Waals surface area contributed by atoms with E-state index >= 15 is 0 Å².